The minimum Gasteiger partial charge on any atom is -0.398 e. The van der Waals surface area contributed by atoms with E-state index in [-0.39, 0.29) is 24.3 Å². The maximum Gasteiger partial charge on any atom is 0.218 e. The molecule has 0 saturated carbocycles. The van der Waals surface area contributed by atoms with E-state index in [0.29, 0.717) is 17.8 Å². The molecule has 1 aliphatic heterocycles. The van der Waals surface area contributed by atoms with E-state index in [2.05, 4.69) is 0 Å². The van der Waals surface area contributed by atoms with Crippen LogP contribution in [-0.4, -0.2) is 37.0 Å². The summed E-state index contributed by atoms with van der Waals surface area (Å²) in [5.41, 5.74) is 6.88. The van der Waals surface area contributed by atoms with E-state index in [1.807, 2.05) is 6.92 Å². The molecule has 2 unspecified atom stereocenters. The first-order chi connectivity index (χ1) is 8.95. The van der Waals surface area contributed by atoms with Crippen molar-refractivity contribution in [1.29, 1.82) is 0 Å². The number of hydrogen-bond donors (Lipinski definition) is 2. The zero-order valence-electron chi connectivity index (χ0n) is 11.0. The maximum absolute atomic E-state index is 12.4. The zero-order valence-corrected chi connectivity index (χ0v) is 11.8. The van der Waals surface area contributed by atoms with Gasteiger partial charge in [0.2, 0.25) is 10.0 Å². The molecular weight excluding hydrogens is 264 g/mol. The number of hydrogen-bond acceptors (Lipinski definition) is 4. The van der Waals surface area contributed by atoms with Gasteiger partial charge in [-0.15, -0.1) is 0 Å². The number of aliphatic hydroxyl groups is 1. The van der Waals surface area contributed by atoms with Gasteiger partial charge in [-0.05, 0) is 24.0 Å². The highest BCUT2D eigenvalue weighted by Crippen LogP contribution is 2.28. The smallest absolute Gasteiger partial charge is 0.218 e. The van der Waals surface area contributed by atoms with E-state index in [1.54, 1.807) is 24.3 Å². The molecule has 19 heavy (non-hydrogen) atoms. The average Bonchev–Trinajstić information content (AvgIpc) is 2.74. The molecule has 3 N–H and O–H groups in total. The predicted octanol–water partition coefficient (Wildman–Crippen LogP) is 0.801. The van der Waals surface area contributed by atoms with Gasteiger partial charge in [-0.2, -0.15) is 4.31 Å². The Labute approximate surface area is 114 Å². The van der Waals surface area contributed by atoms with Gasteiger partial charge in [0, 0.05) is 12.2 Å². The van der Waals surface area contributed by atoms with Crippen LogP contribution >= 0.6 is 0 Å². The van der Waals surface area contributed by atoms with Crippen LogP contribution in [0.1, 0.15) is 18.9 Å². The van der Waals surface area contributed by atoms with Crippen molar-refractivity contribution in [3.8, 4) is 0 Å². The second-order valence-corrected chi connectivity index (χ2v) is 7.00. The fraction of sp³-hybridized carbons (Fsp3) is 0.538. The van der Waals surface area contributed by atoms with Crippen molar-refractivity contribution >= 4 is 15.7 Å². The van der Waals surface area contributed by atoms with Gasteiger partial charge in [0.1, 0.15) is 0 Å². The van der Waals surface area contributed by atoms with Gasteiger partial charge in [0.15, 0.2) is 0 Å². The van der Waals surface area contributed by atoms with Crippen LogP contribution in [0.15, 0.2) is 24.3 Å². The summed E-state index contributed by atoms with van der Waals surface area (Å²) in [7, 11) is -3.44. The van der Waals surface area contributed by atoms with Crippen molar-refractivity contribution in [3.05, 3.63) is 29.8 Å². The fourth-order valence-corrected chi connectivity index (χ4v) is 4.43. The molecule has 106 valence electrons. The number of anilines is 1. The van der Waals surface area contributed by atoms with E-state index in [4.69, 9.17) is 5.73 Å². The molecule has 1 aliphatic rings. The maximum atomic E-state index is 12.4. The highest BCUT2D eigenvalue weighted by Gasteiger charge is 2.38. The summed E-state index contributed by atoms with van der Waals surface area (Å²) in [6.07, 6.45) is 0.786. The standard InChI is InChI=1S/C13H20N2O3S/c1-10-6-7-15(13(10)8-16)19(17,18)9-11-4-2-3-5-12(11)14/h2-5,10,13,16H,6-9,14H2,1H3. The first kappa shape index (κ1) is 14.3. The summed E-state index contributed by atoms with van der Waals surface area (Å²) in [4.78, 5) is 0. The lowest BCUT2D eigenvalue weighted by Crippen LogP contribution is -2.40. The van der Waals surface area contributed by atoms with Crippen molar-refractivity contribution in [1.82, 2.24) is 4.31 Å². The Hall–Kier alpha value is -1.11. The molecule has 0 aliphatic carbocycles. The molecule has 2 rings (SSSR count). The third kappa shape index (κ3) is 2.91. The van der Waals surface area contributed by atoms with Crippen LogP contribution in [0.3, 0.4) is 0 Å². The van der Waals surface area contributed by atoms with Crippen LogP contribution < -0.4 is 5.73 Å². The number of nitrogen functional groups attached to an aromatic ring is 1. The van der Waals surface area contributed by atoms with E-state index >= 15 is 0 Å². The van der Waals surface area contributed by atoms with Crippen molar-refractivity contribution in [2.24, 2.45) is 5.92 Å². The Morgan fingerprint density at radius 3 is 2.74 bits per heavy atom. The van der Waals surface area contributed by atoms with Gasteiger partial charge in [-0.1, -0.05) is 25.1 Å². The molecule has 0 radical (unpaired) electrons. The highest BCUT2D eigenvalue weighted by atomic mass is 32.2. The molecule has 1 saturated heterocycles. The third-order valence-corrected chi connectivity index (χ3v) is 5.61. The van der Waals surface area contributed by atoms with Gasteiger partial charge in [-0.3, -0.25) is 0 Å². The number of nitrogens with zero attached hydrogens (tertiary/aromatic N) is 1. The molecule has 0 spiro atoms. The Kier molecular flexibility index (Phi) is 4.13. The number of sulfonamides is 1. The summed E-state index contributed by atoms with van der Waals surface area (Å²) in [5, 5.41) is 9.36. The van der Waals surface area contributed by atoms with Crippen LogP contribution in [0, 0.1) is 5.92 Å². The summed E-state index contributed by atoms with van der Waals surface area (Å²) in [6.45, 7) is 2.30. The van der Waals surface area contributed by atoms with Gasteiger partial charge in [0.25, 0.3) is 0 Å². The molecular formula is C13H20N2O3S. The molecule has 0 bridgehead atoms. The van der Waals surface area contributed by atoms with Gasteiger partial charge in [0.05, 0.1) is 18.4 Å². The molecule has 0 aromatic heterocycles. The second-order valence-electron chi connectivity index (χ2n) is 5.08. The number of nitrogens with two attached hydrogens (primary N) is 1. The number of para-hydroxylation sites is 1. The third-order valence-electron chi connectivity index (χ3n) is 3.77. The normalized spacial score (nSPS) is 24.7. The molecule has 1 fully saturated rings. The van der Waals surface area contributed by atoms with Crippen LogP contribution in [0.4, 0.5) is 5.69 Å². The first-order valence-electron chi connectivity index (χ1n) is 6.39. The van der Waals surface area contributed by atoms with Crippen molar-refractivity contribution in [3.63, 3.8) is 0 Å². The SMILES string of the molecule is CC1CCN(S(=O)(=O)Cc2ccccc2N)C1CO. The molecule has 6 heteroatoms. The second kappa shape index (κ2) is 5.48. The predicted molar refractivity (Wildman–Crippen MR) is 74.8 cm³/mol. The minimum absolute atomic E-state index is 0.108. The molecule has 0 amide bonds. The number of rotatable bonds is 4. The Morgan fingerprint density at radius 2 is 2.11 bits per heavy atom. The lowest BCUT2D eigenvalue weighted by molar-refractivity contribution is 0.191. The molecule has 5 nitrogen and oxygen atoms in total. The molecule has 1 aromatic rings. The molecule has 2 atom stereocenters. The fourth-order valence-electron chi connectivity index (χ4n) is 2.53. The van der Waals surface area contributed by atoms with Crippen molar-refractivity contribution < 1.29 is 13.5 Å². The van der Waals surface area contributed by atoms with Gasteiger partial charge < -0.3 is 10.8 Å². The van der Waals surface area contributed by atoms with Crippen molar-refractivity contribution in [2.75, 3.05) is 18.9 Å². The van der Waals surface area contributed by atoms with Crippen LogP contribution in [0.5, 0.6) is 0 Å². The Bertz CT molecular complexity index is 545. The van der Waals surface area contributed by atoms with Crippen molar-refractivity contribution in [2.45, 2.75) is 25.1 Å². The monoisotopic (exact) mass is 284 g/mol. The largest absolute Gasteiger partial charge is 0.398 e. The number of aliphatic hydroxyl groups excluding tert-OH is 1. The summed E-state index contributed by atoms with van der Waals surface area (Å²) in [6, 6.07) is 6.66. The molecule has 1 heterocycles. The van der Waals surface area contributed by atoms with E-state index in [9.17, 15) is 13.5 Å². The first-order valence-corrected chi connectivity index (χ1v) is 8.00. The lowest BCUT2D eigenvalue weighted by Gasteiger charge is -2.24. The van der Waals surface area contributed by atoms with E-state index in [0.717, 1.165) is 6.42 Å². The van der Waals surface area contributed by atoms with E-state index < -0.39 is 10.0 Å². The van der Waals surface area contributed by atoms with Gasteiger partial charge >= 0.3 is 0 Å². The quantitative estimate of drug-likeness (QED) is 0.801. The Balaban J connectivity index is 2.22. The Morgan fingerprint density at radius 1 is 1.42 bits per heavy atom. The summed E-state index contributed by atoms with van der Waals surface area (Å²) < 4.78 is 26.3. The van der Waals surface area contributed by atoms with E-state index in [1.165, 1.54) is 4.31 Å². The summed E-state index contributed by atoms with van der Waals surface area (Å²) in [5.74, 6) is 0.0796. The van der Waals surface area contributed by atoms with Crippen LogP contribution in [0.25, 0.3) is 0 Å². The van der Waals surface area contributed by atoms with Gasteiger partial charge in [-0.25, -0.2) is 8.42 Å². The topological polar surface area (TPSA) is 83.6 Å². The highest BCUT2D eigenvalue weighted by molar-refractivity contribution is 7.88. The minimum atomic E-state index is -3.44. The molecule has 1 aromatic carbocycles. The van der Waals surface area contributed by atoms with Crippen LogP contribution in [-0.2, 0) is 15.8 Å². The number of benzene rings is 1. The lowest BCUT2D eigenvalue weighted by atomic mass is 10.0. The average molecular weight is 284 g/mol. The summed E-state index contributed by atoms with van der Waals surface area (Å²) >= 11 is 0. The van der Waals surface area contributed by atoms with Crippen LogP contribution in [0.2, 0.25) is 0 Å². The zero-order chi connectivity index (χ0) is 14.0.